The van der Waals surface area contributed by atoms with E-state index >= 15 is 0 Å². The van der Waals surface area contributed by atoms with Crippen molar-refractivity contribution in [3.8, 4) is 11.3 Å². The zero-order valence-electron chi connectivity index (χ0n) is 15.2. The van der Waals surface area contributed by atoms with Gasteiger partial charge in [-0.3, -0.25) is 4.79 Å². The normalized spacial score (nSPS) is 15.5. The molecule has 134 valence electrons. The molecule has 1 aliphatic rings. The molecule has 0 radical (unpaired) electrons. The standard InChI is InChI=1S/C22H19N3OS/c1-3-16-9-11-17(12-10-16)13-19-15(2)24-25(21(19)26)22-23-20(14-27-22)18-7-5-4-6-8-18/h4-14H,3H2,1-2H3/b19-13+. The number of carbonyl (C=O) groups is 1. The van der Waals surface area contributed by atoms with E-state index in [2.05, 4.69) is 29.1 Å². The van der Waals surface area contributed by atoms with Gasteiger partial charge in [0, 0.05) is 10.9 Å². The average molecular weight is 373 g/mol. The number of carbonyl (C=O) groups excluding carboxylic acids is 1. The molecule has 1 aromatic heterocycles. The molecule has 0 fully saturated rings. The number of anilines is 1. The van der Waals surface area contributed by atoms with Crippen LogP contribution in [0.3, 0.4) is 0 Å². The van der Waals surface area contributed by atoms with Crippen LogP contribution in [-0.4, -0.2) is 16.6 Å². The highest BCUT2D eigenvalue weighted by atomic mass is 32.1. The van der Waals surface area contributed by atoms with Gasteiger partial charge in [0.2, 0.25) is 5.13 Å². The van der Waals surface area contributed by atoms with Gasteiger partial charge in [-0.15, -0.1) is 11.3 Å². The van der Waals surface area contributed by atoms with Gasteiger partial charge in [-0.2, -0.15) is 10.1 Å². The van der Waals surface area contributed by atoms with Gasteiger partial charge in [0.05, 0.1) is 17.0 Å². The average Bonchev–Trinajstić information content (AvgIpc) is 3.30. The van der Waals surface area contributed by atoms with Crippen molar-refractivity contribution in [2.24, 2.45) is 5.10 Å². The number of hydrogen-bond acceptors (Lipinski definition) is 4. The van der Waals surface area contributed by atoms with E-state index in [9.17, 15) is 4.79 Å². The summed E-state index contributed by atoms with van der Waals surface area (Å²) in [5.41, 5.74) is 5.46. The fourth-order valence-electron chi connectivity index (χ4n) is 2.93. The first-order valence-corrected chi connectivity index (χ1v) is 9.75. The highest BCUT2D eigenvalue weighted by molar-refractivity contribution is 7.14. The first-order valence-electron chi connectivity index (χ1n) is 8.87. The van der Waals surface area contributed by atoms with Gasteiger partial charge in [-0.25, -0.2) is 4.98 Å². The Hall–Kier alpha value is -3.05. The Balaban J connectivity index is 1.60. The van der Waals surface area contributed by atoms with Crippen molar-refractivity contribution in [3.63, 3.8) is 0 Å². The van der Waals surface area contributed by atoms with Gasteiger partial charge in [0.15, 0.2) is 0 Å². The van der Waals surface area contributed by atoms with Crippen LogP contribution in [0.25, 0.3) is 17.3 Å². The fourth-order valence-corrected chi connectivity index (χ4v) is 3.71. The minimum Gasteiger partial charge on any atom is -0.267 e. The second kappa shape index (κ2) is 7.29. The van der Waals surface area contributed by atoms with Crippen LogP contribution in [0.5, 0.6) is 0 Å². The van der Waals surface area contributed by atoms with Crippen molar-refractivity contribution in [1.29, 1.82) is 0 Å². The third kappa shape index (κ3) is 3.46. The number of amides is 1. The first-order chi connectivity index (χ1) is 13.2. The predicted octanol–water partition coefficient (Wildman–Crippen LogP) is 5.18. The van der Waals surface area contributed by atoms with E-state index < -0.39 is 0 Å². The lowest BCUT2D eigenvalue weighted by Gasteiger charge is -2.07. The van der Waals surface area contributed by atoms with Crippen LogP contribution in [0, 0.1) is 0 Å². The summed E-state index contributed by atoms with van der Waals surface area (Å²) in [6.45, 7) is 3.98. The summed E-state index contributed by atoms with van der Waals surface area (Å²) < 4.78 is 0. The number of hydrazone groups is 1. The first kappa shape index (κ1) is 17.4. The number of rotatable bonds is 4. The van der Waals surface area contributed by atoms with Crippen LogP contribution in [0.1, 0.15) is 25.0 Å². The van der Waals surface area contributed by atoms with Crippen LogP contribution in [0.15, 0.2) is 70.7 Å². The number of nitrogens with zero attached hydrogens (tertiary/aromatic N) is 3. The smallest absolute Gasteiger partial charge is 0.267 e. The van der Waals surface area contributed by atoms with Gasteiger partial charge in [-0.1, -0.05) is 61.5 Å². The van der Waals surface area contributed by atoms with E-state index in [0.29, 0.717) is 16.4 Å². The Morgan fingerprint density at radius 1 is 1.07 bits per heavy atom. The number of aryl methyl sites for hydroxylation is 1. The lowest BCUT2D eigenvalue weighted by atomic mass is 10.1. The molecule has 4 nitrogen and oxygen atoms in total. The molecular formula is C22H19N3OS. The van der Waals surface area contributed by atoms with Crippen LogP contribution >= 0.6 is 11.3 Å². The van der Waals surface area contributed by atoms with Crippen molar-refractivity contribution < 1.29 is 4.79 Å². The quantitative estimate of drug-likeness (QED) is 0.592. The second-order valence-corrected chi connectivity index (χ2v) is 7.17. The zero-order valence-corrected chi connectivity index (χ0v) is 16.0. The molecule has 5 heteroatoms. The molecule has 0 N–H and O–H groups in total. The van der Waals surface area contributed by atoms with E-state index in [1.807, 2.05) is 60.8 Å². The molecule has 0 saturated heterocycles. The van der Waals surface area contributed by atoms with Crippen molar-refractivity contribution in [2.45, 2.75) is 20.3 Å². The Morgan fingerprint density at radius 3 is 2.52 bits per heavy atom. The van der Waals surface area contributed by atoms with Gasteiger partial charge in [0.1, 0.15) is 0 Å². The Labute approximate surface area is 162 Å². The predicted molar refractivity (Wildman–Crippen MR) is 112 cm³/mol. The molecule has 0 saturated carbocycles. The number of thiazole rings is 1. The molecule has 0 spiro atoms. The van der Waals surface area contributed by atoms with Crippen LogP contribution < -0.4 is 5.01 Å². The molecular weight excluding hydrogens is 354 g/mol. The summed E-state index contributed by atoms with van der Waals surface area (Å²) in [5, 5.41) is 8.38. The van der Waals surface area contributed by atoms with Gasteiger partial charge >= 0.3 is 0 Å². The largest absolute Gasteiger partial charge is 0.282 e. The minimum atomic E-state index is -0.138. The molecule has 2 aromatic carbocycles. The van der Waals surface area contributed by atoms with Crippen molar-refractivity contribution in [2.75, 3.05) is 5.01 Å². The van der Waals surface area contributed by atoms with E-state index in [-0.39, 0.29) is 5.91 Å². The molecule has 4 rings (SSSR count). The maximum absolute atomic E-state index is 12.9. The molecule has 0 aliphatic carbocycles. The number of aromatic nitrogens is 1. The minimum absolute atomic E-state index is 0.138. The van der Waals surface area contributed by atoms with Gasteiger partial charge in [0.25, 0.3) is 5.91 Å². The Morgan fingerprint density at radius 2 is 1.81 bits per heavy atom. The number of benzene rings is 2. The van der Waals surface area contributed by atoms with Crippen LogP contribution in [-0.2, 0) is 11.2 Å². The lowest BCUT2D eigenvalue weighted by molar-refractivity contribution is -0.114. The molecule has 1 aliphatic heterocycles. The van der Waals surface area contributed by atoms with E-state index in [1.54, 1.807) is 0 Å². The van der Waals surface area contributed by atoms with Crippen molar-refractivity contribution in [1.82, 2.24) is 4.98 Å². The maximum Gasteiger partial charge on any atom is 0.282 e. The molecule has 2 heterocycles. The van der Waals surface area contributed by atoms with Crippen molar-refractivity contribution >= 4 is 34.2 Å². The maximum atomic E-state index is 12.9. The summed E-state index contributed by atoms with van der Waals surface area (Å²) in [7, 11) is 0. The fraction of sp³-hybridized carbons (Fsp3) is 0.136. The molecule has 0 unspecified atom stereocenters. The van der Waals surface area contributed by atoms with Gasteiger partial charge in [-0.05, 0) is 30.5 Å². The number of hydrogen-bond donors (Lipinski definition) is 0. The van der Waals surface area contributed by atoms with E-state index in [0.717, 1.165) is 23.2 Å². The van der Waals surface area contributed by atoms with E-state index in [4.69, 9.17) is 0 Å². The lowest BCUT2D eigenvalue weighted by Crippen LogP contribution is -2.21. The monoisotopic (exact) mass is 373 g/mol. The summed E-state index contributed by atoms with van der Waals surface area (Å²) >= 11 is 1.42. The van der Waals surface area contributed by atoms with Gasteiger partial charge < -0.3 is 0 Å². The summed E-state index contributed by atoms with van der Waals surface area (Å²) in [6, 6.07) is 18.2. The highest BCUT2D eigenvalue weighted by Crippen LogP contribution is 2.31. The SMILES string of the molecule is CCc1ccc(/C=C2/C(=O)N(c3nc(-c4ccccc4)cs3)N=C2C)cc1. The highest BCUT2D eigenvalue weighted by Gasteiger charge is 2.30. The Bertz CT molecular complexity index is 1030. The second-order valence-electron chi connectivity index (χ2n) is 6.34. The molecule has 27 heavy (non-hydrogen) atoms. The van der Waals surface area contributed by atoms with Crippen LogP contribution in [0.4, 0.5) is 5.13 Å². The molecule has 1 amide bonds. The molecule has 0 atom stereocenters. The van der Waals surface area contributed by atoms with Crippen LogP contribution in [0.2, 0.25) is 0 Å². The van der Waals surface area contributed by atoms with E-state index in [1.165, 1.54) is 21.9 Å². The Kier molecular flexibility index (Phi) is 4.69. The topological polar surface area (TPSA) is 45.6 Å². The zero-order chi connectivity index (χ0) is 18.8. The summed E-state index contributed by atoms with van der Waals surface area (Å²) in [5.74, 6) is -0.138. The molecule has 3 aromatic rings. The summed E-state index contributed by atoms with van der Waals surface area (Å²) in [4.78, 5) is 17.5. The summed E-state index contributed by atoms with van der Waals surface area (Å²) in [6.07, 6.45) is 2.89. The molecule has 0 bridgehead atoms. The third-order valence-corrected chi connectivity index (χ3v) is 5.32. The van der Waals surface area contributed by atoms with Crippen molar-refractivity contribution in [3.05, 3.63) is 76.7 Å². The third-order valence-electron chi connectivity index (χ3n) is 4.50.